The molecule has 1 atom stereocenters. The molecule has 0 unspecified atom stereocenters. The van der Waals surface area contributed by atoms with Crippen molar-refractivity contribution in [1.82, 2.24) is 19.8 Å². The van der Waals surface area contributed by atoms with Gasteiger partial charge in [-0.25, -0.2) is 4.98 Å². The van der Waals surface area contributed by atoms with Crippen molar-refractivity contribution in [3.05, 3.63) is 78.1 Å². The predicted octanol–water partition coefficient (Wildman–Crippen LogP) is 3.45. The van der Waals surface area contributed by atoms with E-state index in [1.807, 2.05) is 48.5 Å². The molecule has 39 heavy (non-hydrogen) atoms. The van der Waals surface area contributed by atoms with Gasteiger partial charge in [0.2, 0.25) is 11.8 Å². The number of aromatic nitrogens is 2. The first-order valence-electron chi connectivity index (χ1n) is 13.1. The van der Waals surface area contributed by atoms with Crippen LogP contribution >= 0.6 is 0 Å². The van der Waals surface area contributed by atoms with Crippen LogP contribution in [0.1, 0.15) is 34.9 Å². The molecule has 2 fully saturated rings. The molecule has 2 amide bonds. The first kappa shape index (κ1) is 24.7. The molecule has 2 aliphatic rings. The topological polar surface area (TPSA) is 133 Å². The Bertz CT molecular complexity index is 1540. The number of anilines is 1. The van der Waals surface area contributed by atoms with Crippen molar-refractivity contribution in [2.24, 2.45) is 5.73 Å². The molecule has 10 nitrogen and oxygen atoms in total. The first-order valence-corrected chi connectivity index (χ1v) is 13.1. The number of oxazole rings is 1. The molecule has 2 saturated heterocycles. The van der Waals surface area contributed by atoms with E-state index in [1.54, 1.807) is 28.1 Å². The molecule has 198 valence electrons. The van der Waals surface area contributed by atoms with Gasteiger partial charge in [-0.3, -0.25) is 24.9 Å². The lowest BCUT2D eigenvalue weighted by Gasteiger charge is -2.38. The SMILES string of the molecule is N=C(N)[C@@H](c1ccccc1)N1CCN(C(=O)c2cc(-c3nc4cc(N5CCCC5=O)ccc4o3)ccn2)CC1. The Morgan fingerprint density at radius 1 is 1.00 bits per heavy atom. The quantitative estimate of drug-likeness (QED) is 0.292. The summed E-state index contributed by atoms with van der Waals surface area (Å²) in [6.45, 7) is 2.90. The third-order valence-corrected chi connectivity index (χ3v) is 7.36. The third-order valence-electron chi connectivity index (χ3n) is 7.36. The first-order chi connectivity index (χ1) is 19.0. The summed E-state index contributed by atoms with van der Waals surface area (Å²) in [6, 6.07) is 18.5. The van der Waals surface area contributed by atoms with Crippen molar-refractivity contribution in [3.8, 4) is 11.5 Å². The number of hydrogen-bond donors (Lipinski definition) is 2. The molecule has 4 heterocycles. The van der Waals surface area contributed by atoms with Crippen LogP contribution in [0, 0.1) is 5.41 Å². The van der Waals surface area contributed by atoms with Crippen LogP contribution in [0.5, 0.6) is 0 Å². The lowest BCUT2D eigenvalue weighted by molar-refractivity contribution is -0.117. The molecule has 0 aliphatic carbocycles. The predicted molar refractivity (Wildman–Crippen MR) is 147 cm³/mol. The van der Waals surface area contributed by atoms with Crippen LogP contribution in [-0.4, -0.2) is 70.1 Å². The van der Waals surface area contributed by atoms with Crippen LogP contribution in [0.2, 0.25) is 0 Å². The van der Waals surface area contributed by atoms with Gasteiger partial charge in [-0.15, -0.1) is 0 Å². The Hall–Kier alpha value is -4.57. The lowest BCUT2D eigenvalue weighted by atomic mass is 10.0. The number of carbonyl (C=O) groups is 2. The van der Waals surface area contributed by atoms with E-state index >= 15 is 0 Å². The van der Waals surface area contributed by atoms with Gasteiger partial charge in [0.25, 0.3) is 5.91 Å². The molecule has 4 aromatic rings. The zero-order valence-corrected chi connectivity index (χ0v) is 21.4. The van der Waals surface area contributed by atoms with E-state index in [0.29, 0.717) is 67.4 Å². The highest BCUT2D eigenvalue weighted by molar-refractivity contribution is 5.97. The van der Waals surface area contributed by atoms with Crippen molar-refractivity contribution in [1.29, 1.82) is 5.41 Å². The van der Waals surface area contributed by atoms with E-state index in [-0.39, 0.29) is 23.7 Å². The Labute approximate surface area is 225 Å². The molecule has 6 rings (SSSR count). The van der Waals surface area contributed by atoms with Gasteiger partial charge >= 0.3 is 0 Å². The largest absolute Gasteiger partial charge is 0.436 e. The lowest BCUT2D eigenvalue weighted by Crippen LogP contribution is -2.51. The van der Waals surface area contributed by atoms with Gasteiger partial charge in [-0.05, 0) is 42.3 Å². The van der Waals surface area contributed by atoms with E-state index in [4.69, 9.17) is 15.6 Å². The number of pyridine rings is 1. The summed E-state index contributed by atoms with van der Waals surface area (Å²) in [4.78, 5) is 40.1. The fraction of sp³-hybridized carbons (Fsp3) is 0.276. The van der Waals surface area contributed by atoms with Crippen molar-refractivity contribution in [2.45, 2.75) is 18.9 Å². The van der Waals surface area contributed by atoms with E-state index < -0.39 is 0 Å². The molecule has 0 spiro atoms. The minimum absolute atomic E-state index is 0.0906. The number of benzene rings is 2. The second-order valence-electron chi connectivity index (χ2n) is 9.85. The number of carbonyl (C=O) groups excluding carboxylic acids is 2. The number of nitrogens with two attached hydrogens (primary N) is 1. The van der Waals surface area contributed by atoms with Crippen LogP contribution in [0.25, 0.3) is 22.6 Å². The number of nitrogens with one attached hydrogen (secondary N) is 1. The summed E-state index contributed by atoms with van der Waals surface area (Å²) in [5.74, 6) is 0.436. The molecule has 10 heteroatoms. The number of nitrogens with zero attached hydrogens (tertiary/aromatic N) is 5. The number of fused-ring (bicyclic) bond motifs is 1. The van der Waals surface area contributed by atoms with E-state index in [9.17, 15) is 9.59 Å². The van der Waals surface area contributed by atoms with E-state index in [1.165, 1.54) is 0 Å². The van der Waals surface area contributed by atoms with Gasteiger partial charge in [0.05, 0.1) is 6.04 Å². The number of piperazine rings is 1. The van der Waals surface area contributed by atoms with Crippen molar-refractivity contribution in [3.63, 3.8) is 0 Å². The summed E-state index contributed by atoms with van der Waals surface area (Å²) in [5, 5.41) is 8.12. The molecule has 2 aliphatic heterocycles. The molecule has 2 aromatic carbocycles. The summed E-state index contributed by atoms with van der Waals surface area (Å²) in [6.07, 6.45) is 3.01. The summed E-state index contributed by atoms with van der Waals surface area (Å²) in [7, 11) is 0. The molecular formula is C29H29N7O3. The number of amides is 2. The number of amidine groups is 1. The second-order valence-corrected chi connectivity index (χ2v) is 9.85. The standard InChI is InChI=1S/C29H29N7O3/c30-27(31)26(19-5-2-1-3-6-19)34-13-15-35(16-14-34)29(38)23-17-20(10-11-32-23)28-33-22-18-21(8-9-24(22)39-28)36-12-4-7-25(36)37/h1-3,5-6,8-11,17-18,26H,4,7,12-16H2,(H3,30,31)/t26-/m1/s1. The minimum atomic E-state index is -0.312. The van der Waals surface area contributed by atoms with Crippen molar-refractivity contribution >= 4 is 34.4 Å². The Morgan fingerprint density at radius 3 is 2.51 bits per heavy atom. The molecule has 2 aromatic heterocycles. The van der Waals surface area contributed by atoms with Crippen LogP contribution in [0.15, 0.2) is 71.3 Å². The molecular weight excluding hydrogens is 494 g/mol. The normalized spacial score (nSPS) is 17.1. The maximum atomic E-state index is 13.3. The maximum absolute atomic E-state index is 13.3. The van der Waals surface area contributed by atoms with Crippen LogP contribution in [0.4, 0.5) is 5.69 Å². The van der Waals surface area contributed by atoms with Gasteiger partial charge in [0, 0.05) is 56.6 Å². The molecule has 0 radical (unpaired) electrons. The summed E-state index contributed by atoms with van der Waals surface area (Å²) >= 11 is 0. The second kappa shape index (κ2) is 10.3. The number of hydrogen-bond acceptors (Lipinski definition) is 7. The van der Waals surface area contributed by atoms with Crippen LogP contribution in [0.3, 0.4) is 0 Å². The highest BCUT2D eigenvalue weighted by Gasteiger charge is 2.30. The van der Waals surface area contributed by atoms with Gasteiger partial charge in [-0.2, -0.15) is 0 Å². The van der Waals surface area contributed by atoms with Gasteiger partial charge in [0.15, 0.2) is 5.58 Å². The van der Waals surface area contributed by atoms with Crippen LogP contribution < -0.4 is 10.6 Å². The third kappa shape index (κ3) is 4.86. The van der Waals surface area contributed by atoms with Gasteiger partial charge in [-0.1, -0.05) is 30.3 Å². The number of rotatable bonds is 6. The minimum Gasteiger partial charge on any atom is -0.436 e. The van der Waals surface area contributed by atoms with Gasteiger partial charge < -0.3 is 20.0 Å². The van der Waals surface area contributed by atoms with Crippen molar-refractivity contribution < 1.29 is 14.0 Å². The van der Waals surface area contributed by atoms with Gasteiger partial charge in [0.1, 0.15) is 17.0 Å². The zero-order chi connectivity index (χ0) is 26.9. The zero-order valence-electron chi connectivity index (χ0n) is 21.4. The van der Waals surface area contributed by atoms with Crippen LogP contribution in [-0.2, 0) is 4.79 Å². The Balaban J connectivity index is 1.17. The Morgan fingerprint density at radius 2 is 1.79 bits per heavy atom. The fourth-order valence-electron chi connectivity index (χ4n) is 5.38. The van der Waals surface area contributed by atoms with Crippen molar-refractivity contribution in [2.75, 3.05) is 37.6 Å². The molecule has 3 N–H and O–H groups in total. The molecule has 0 saturated carbocycles. The average Bonchev–Trinajstić information content (AvgIpc) is 3.59. The Kier molecular flexibility index (Phi) is 6.54. The van der Waals surface area contributed by atoms with E-state index in [2.05, 4.69) is 14.9 Å². The summed E-state index contributed by atoms with van der Waals surface area (Å²) in [5.41, 5.74) is 9.97. The average molecular weight is 524 g/mol. The summed E-state index contributed by atoms with van der Waals surface area (Å²) < 4.78 is 5.98. The van der Waals surface area contributed by atoms with E-state index in [0.717, 1.165) is 17.7 Å². The highest BCUT2D eigenvalue weighted by atomic mass is 16.3. The maximum Gasteiger partial charge on any atom is 0.272 e. The highest BCUT2D eigenvalue weighted by Crippen LogP contribution is 2.30. The fourth-order valence-corrected chi connectivity index (χ4v) is 5.38. The monoisotopic (exact) mass is 523 g/mol. The molecule has 0 bridgehead atoms. The smallest absolute Gasteiger partial charge is 0.272 e.